The smallest absolute Gasteiger partial charge is 0.338 e. The minimum absolute atomic E-state index is 0.162. The van der Waals surface area contributed by atoms with Gasteiger partial charge in [-0.25, -0.2) is 9.79 Å². The summed E-state index contributed by atoms with van der Waals surface area (Å²) in [5.41, 5.74) is 2.48. The Labute approximate surface area is 300 Å². The Bertz CT molecular complexity index is 2080. The SMILES string of the molecule is CCOC(=O)C1=C(C)N=c2s/c(=C/c3ccc(OCc4ccc(Cl)cc4Cl)c(OCC)c3)c(=O)n2[C@@H]1c1cc(OC)c(OCC)cc1Br. The predicted molar refractivity (Wildman–Crippen MR) is 191 cm³/mol. The molecule has 0 bridgehead atoms. The highest BCUT2D eigenvalue weighted by atomic mass is 79.9. The maximum absolute atomic E-state index is 14.2. The molecule has 1 atom stereocenters. The number of hydrogen-bond acceptors (Lipinski definition) is 9. The molecule has 48 heavy (non-hydrogen) atoms. The topological polar surface area (TPSA) is 97.6 Å². The molecule has 0 saturated heterocycles. The molecule has 0 unspecified atom stereocenters. The molecule has 0 fully saturated rings. The van der Waals surface area contributed by atoms with Gasteiger partial charge in [-0.05, 0) is 81.3 Å². The van der Waals surface area contributed by atoms with Crippen molar-refractivity contribution in [1.82, 2.24) is 4.57 Å². The molecule has 1 aliphatic heterocycles. The minimum atomic E-state index is -0.851. The maximum atomic E-state index is 14.2. The average Bonchev–Trinajstić information content (AvgIpc) is 3.35. The number of hydrogen-bond donors (Lipinski definition) is 0. The van der Waals surface area contributed by atoms with Crippen molar-refractivity contribution >= 4 is 62.5 Å². The number of fused-ring (bicyclic) bond motifs is 1. The summed E-state index contributed by atoms with van der Waals surface area (Å²) in [4.78, 5) is 32.7. The first-order chi connectivity index (χ1) is 23.1. The van der Waals surface area contributed by atoms with E-state index in [9.17, 15) is 9.59 Å². The van der Waals surface area contributed by atoms with Gasteiger partial charge in [-0.1, -0.05) is 62.6 Å². The fourth-order valence-corrected chi connectivity index (χ4v) is 7.27. The highest BCUT2D eigenvalue weighted by Gasteiger charge is 2.35. The molecule has 0 amide bonds. The summed E-state index contributed by atoms with van der Waals surface area (Å²) in [7, 11) is 1.54. The predicted octanol–water partition coefficient (Wildman–Crippen LogP) is 7.25. The van der Waals surface area contributed by atoms with E-state index < -0.39 is 12.0 Å². The Balaban J connectivity index is 1.60. The van der Waals surface area contributed by atoms with E-state index in [-0.39, 0.29) is 24.3 Å². The lowest BCUT2D eigenvalue weighted by Crippen LogP contribution is -2.40. The molecule has 1 aromatic heterocycles. The van der Waals surface area contributed by atoms with Gasteiger partial charge in [0, 0.05) is 20.1 Å². The number of carbonyl (C=O) groups is 1. The number of ether oxygens (including phenoxy) is 5. The lowest BCUT2D eigenvalue weighted by molar-refractivity contribution is -0.139. The summed E-state index contributed by atoms with van der Waals surface area (Å²) in [5.74, 6) is 1.45. The third kappa shape index (κ3) is 7.44. The molecule has 13 heteroatoms. The average molecular weight is 777 g/mol. The first kappa shape index (κ1) is 35.5. The van der Waals surface area contributed by atoms with E-state index in [1.54, 1.807) is 56.3 Å². The number of allylic oxidation sites excluding steroid dienone is 1. The number of nitrogens with zero attached hydrogens (tertiary/aromatic N) is 2. The standard InChI is InChI=1S/C35H33BrCl2N2O7S/c1-6-44-28-13-20(9-12-26(28)47-18-21-10-11-22(37)15-25(21)38)14-30-33(41)40-32(23-16-27(43-5)29(45-7-2)17-24(23)36)31(34(42)46-8-3)19(4)39-35(40)48-30/h9-17,32H,6-8,18H2,1-5H3/b30-14+/t32-/m1/s1. The van der Waals surface area contributed by atoms with Crippen molar-refractivity contribution in [2.75, 3.05) is 26.9 Å². The molecule has 3 aromatic carbocycles. The van der Waals surface area contributed by atoms with Crippen LogP contribution in [0.3, 0.4) is 0 Å². The van der Waals surface area contributed by atoms with Gasteiger partial charge in [0.05, 0.1) is 48.8 Å². The quantitative estimate of drug-likeness (QED) is 0.140. The molecular formula is C35H33BrCl2N2O7S. The number of halogens is 3. The van der Waals surface area contributed by atoms with Crippen LogP contribution in [0.25, 0.3) is 6.08 Å². The molecule has 0 N–H and O–H groups in total. The summed E-state index contributed by atoms with van der Waals surface area (Å²) < 4.78 is 31.3. The van der Waals surface area contributed by atoms with Gasteiger partial charge in [0.1, 0.15) is 6.61 Å². The largest absolute Gasteiger partial charge is 0.493 e. The molecular weight excluding hydrogens is 743 g/mol. The number of rotatable bonds is 12. The Kier molecular flexibility index (Phi) is 11.6. The van der Waals surface area contributed by atoms with Gasteiger partial charge in [-0.15, -0.1) is 0 Å². The van der Waals surface area contributed by atoms with Crippen LogP contribution in [0.5, 0.6) is 23.0 Å². The van der Waals surface area contributed by atoms with E-state index in [4.69, 9.17) is 46.9 Å². The normalized spacial score (nSPS) is 14.3. The molecule has 4 aromatic rings. The minimum Gasteiger partial charge on any atom is -0.493 e. The summed E-state index contributed by atoms with van der Waals surface area (Å²) in [6.07, 6.45) is 1.76. The molecule has 2 heterocycles. The van der Waals surface area contributed by atoms with Crippen LogP contribution in [0, 0.1) is 0 Å². The first-order valence-electron chi connectivity index (χ1n) is 15.1. The maximum Gasteiger partial charge on any atom is 0.338 e. The lowest BCUT2D eigenvalue weighted by Gasteiger charge is -2.26. The Morgan fingerprint density at radius 3 is 2.35 bits per heavy atom. The first-order valence-corrected chi connectivity index (χ1v) is 17.5. The number of methoxy groups -OCH3 is 1. The molecule has 5 rings (SSSR count). The molecule has 0 aliphatic carbocycles. The number of aromatic nitrogens is 1. The van der Waals surface area contributed by atoms with Gasteiger partial charge in [-0.2, -0.15) is 0 Å². The van der Waals surface area contributed by atoms with Crippen LogP contribution < -0.4 is 33.8 Å². The molecule has 1 aliphatic rings. The van der Waals surface area contributed by atoms with Crippen molar-refractivity contribution in [3.8, 4) is 23.0 Å². The van der Waals surface area contributed by atoms with Crippen LogP contribution in [0.4, 0.5) is 0 Å². The van der Waals surface area contributed by atoms with Crippen molar-refractivity contribution < 1.29 is 28.5 Å². The van der Waals surface area contributed by atoms with Crippen LogP contribution in [-0.4, -0.2) is 37.5 Å². The number of esters is 1. The highest BCUT2D eigenvalue weighted by molar-refractivity contribution is 9.10. The van der Waals surface area contributed by atoms with Crippen LogP contribution in [0.15, 0.2) is 74.1 Å². The second kappa shape index (κ2) is 15.6. The van der Waals surface area contributed by atoms with Crippen molar-refractivity contribution in [3.05, 3.63) is 111 Å². The zero-order valence-electron chi connectivity index (χ0n) is 26.9. The van der Waals surface area contributed by atoms with Gasteiger partial charge >= 0.3 is 5.97 Å². The Morgan fingerprint density at radius 1 is 0.958 bits per heavy atom. The van der Waals surface area contributed by atoms with Crippen molar-refractivity contribution in [1.29, 1.82) is 0 Å². The summed E-state index contributed by atoms with van der Waals surface area (Å²) in [6.45, 7) is 8.42. The monoisotopic (exact) mass is 774 g/mol. The van der Waals surface area contributed by atoms with Crippen molar-refractivity contribution in [2.24, 2.45) is 4.99 Å². The van der Waals surface area contributed by atoms with E-state index in [1.807, 2.05) is 26.0 Å². The van der Waals surface area contributed by atoms with E-state index in [2.05, 4.69) is 20.9 Å². The molecule has 0 radical (unpaired) electrons. The molecule has 0 saturated carbocycles. The molecule has 9 nitrogen and oxygen atoms in total. The third-order valence-electron chi connectivity index (χ3n) is 7.36. The van der Waals surface area contributed by atoms with Crippen LogP contribution in [0.2, 0.25) is 10.0 Å². The van der Waals surface area contributed by atoms with Crippen LogP contribution >= 0.6 is 50.5 Å². The van der Waals surface area contributed by atoms with E-state index in [1.165, 1.54) is 23.0 Å². The van der Waals surface area contributed by atoms with Crippen molar-refractivity contribution in [3.63, 3.8) is 0 Å². The van der Waals surface area contributed by atoms with Crippen LogP contribution in [0.1, 0.15) is 50.4 Å². The second-order valence-corrected chi connectivity index (χ2v) is 13.1. The van der Waals surface area contributed by atoms with Gasteiger partial charge in [0.15, 0.2) is 27.8 Å². The van der Waals surface area contributed by atoms with Crippen LogP contribution in [-0.2, 0) is 16.1 Å². The van der Waals surface area contributed by atoms with Gasteiger partial charge in [-0.3, -0.25) is 9.36 Å². The Hall–Kier alpha value is -3.77. The number of carbonyl (C=O) groups excluding carboxylic acids is 1. The van der Waals surface area contributed by atoms with Gasteiger partial charge < -0.3 is 23.7 Å². The summed E-state index contributed by atoms with van der Waals surface area (Å²) >= 11 is 17.2. The zero-order chi connectivity index (χ0) is 34.5. The highest BCUT2D eigenvalue weighted by Crippen LogP contribution is 2.41. The fourth-order valence-electron chi connectivity index (χ4n) is 5.22. The Morgan fingerprint density at radius 2 is 1.69 bits per heavy atom. The van der Waals surface area contributed by atoms with Crippen molar-refractivity contribution in [2.45, 2.75) is 40.3 Å². The van der Waals surface area contributed by atoms with Gasteiger partial charge in [0.2, 0.25) is 0 Å². The summed E-state index contributed by atoms with van der Waals surface area (Å²) in [5, 5.41) is 1.04. The second-order valence-electron chi connectivity index (χ2n) is 10.4. The summed E-state index contributed by atoms with van der Waals surface area (Å²) in [6, 6.07) is 13.3. The molecule has 252 valence electrons. The lowest BCUT2D eigenvalue weighted by atomic mass is 9.95. The fraction of sp³-hybridized carbons (Fsp3) is 0.286. The number of benzene rings is 3. The van der Waals surface area contributed by atoms with E-state index in [0.717, 1.165) is 5.56 Å². The van der Waals surface area contributed by atoms with Gasteiger partial charge in [0.25, 0.3) is 5.56 Å². The zero-order valence-corrected chi connectivity index (χ0v) is 30.8. The molecule has 0 spiro atoms. The number of thiazole rings is 1. The van der Waals surface area contributed by atoms with E-state index >= 15 is 0 Å². The third-order valence-corrected chi connectivity index (χ3v) is 9.61. The van der Waals surface area contributed by atoms with E-state index in [0.29, 0.717) is 76.9 Å².